The summed E-state index contributed by atoms with van der Waals surface area (Å²) in [7, 11) is 0. The highest BCUT2D eigenvalue weighted by Crippen LogP contribution is 2.71. The van der Waals surface area contributed by atoms with Gasteiger partial charge in [-0.05, 0) is 99.7 Å². The fourth-order valence-electron chi connectivity index (χ4n) is 17.1. The minimum atomic E-state index is -2.04. The molecule has 28 heteroatoms. The molecule has 488 valence electrons. The van der Waals surface area contributed by atoms with Crippen molar-refractivity contribution in [1.29, 1.82) is 0 Å². The molecular weight excluding hydrogens is 1130 g/mol. The Morgan fingerprint density at radius 2 is 1.06 bits per heavy atom. The first kappa shape index (κ1) is 65.1. The Balaban J connectivity index is 0.784. The number of rotatable bonds is 15. The maximum absolute atomic E-state index is 12.4. The molecule has 0 aromatic rings. The number of hydrogen-bond donors (Lipinski definition) is 16. The molecule has 0 bridgehead atoms. The van der Waals surface area contributed by atoms with E-state index in [4.69, 9.17) is 56.8 Å². The van der Waals surface area contributed by atoms with Crippen LogP contribution in [0.4, 0.5) is 0 Å². The van der Waals surface area contributed by atoms with Crippen LogP contribution in [-0.2, 0) is 56.8 Å². The number of ether oxygens (including phenoxy) is 12. The highest BCUT2D eigenvalue weighted by molar-refractivity contribution is 5.27. The molecule has 7 heterocycles. The van der Waals surface area contributed by atoms with Crippen LogP contribution in [0.15, 0.2) is 11.6 Å². The standard InChI is InChI=1S/C57H92O28/c1-21-33-28(84-57(21)13-12-54(3,85-57)20-74-49-41(69)39(67)35(63)29(16-58)77-49)15-27-25-7-6-23-14-24(8-10-55(23,4)26(25)9-11-56(27,33)5)76-53-48(44(72)46(32(19-61)80-53)81-50-42(70)38(66)34(62)22(2)75-50)83-52-45(73)47(37(65)31(18-60)79-52)82-51-43(71)40(68)36(64)30(17-59)78-51/h6,21-22,24-53,58-73H,7-20H2,1-5H3/t21-,22+,24+,25-,26+,27+,28+,29-,30-,31-,32-,33+,34+,35-,36-,37-,38+,39+,40+,41-,42-,43-,44+,45-,46-,47+,48+,49-,50+,51+,52+,53+,54+,55+,56+,57+/m1/s1. The third kappa shape index (κ3) is 11.3. The molecule has 11 rings (SSSR count). The van der Waals surface area contributed by atoms with Gasteiger partial charge in [0.2, 0.25) is 0 Å². The molecule has 3 saturated carbocycles. The van der Waals surface area contributed by atoms with E-state index in [2.05, 4.69) is 26.8 Å². The fourth-order valence-corrected chi connectivity index (χ4v) is 17.1. The predicted molar refractivity (Wildman–Crippen MR) is 281 cm³/mol. The summed E-state index contributed by atoms with van der Waals surface area (Å²) in [6.45, 7) is 7.29. The van der Waals surface area contributed by atoms with Gasteiger partial charge in [-0.3, -0.25) is 0 Å². The number of fused-ring (bicyclic) bond motifs is 7. The first-order valence-corrected chi connectivity index (χ1v) is 30.4. The van der Waals surface area contributed by atoms with Crippen molar-refractivity contribution < 1.29 is 139 Å². The lowest BCUT2D eigenvalue weighted by molar-refractivity contribution is -0.398. The van der Waals surface area contributed by atoms with Crippen molar-refractivity contribution in [1.82, 2.24) is 0 Å². The molecule has 0 aromatic carbocycles. The van der Waals surface area contributed by atoms with Gasteiger partial charge < -0.3 is 139 Å². The van der Waals surface area contributed by atoms with E-state index in [1.54, 1.807) is 0 Å². The molecule has 85 heavy (non-hydrogen) atoms. The molecule has 4 aliphatic carbocycles. The van der Waals surface area contributed by atoms with Crippen LogP contribution in [0.25, 0.3) is 0 Å². The lowest BCUT2D eigenvalue weighted by Gasteiger charge is -2.58. The van der Waals surface area contributed by atoms with Gasteiger partial charge in [-0.15, -0.1) is 0 Å². The molecule has 0 amide bonds. The maximum atomic E-state index is 12.4. The monoisotopic (exact) mass is 1220 g/mol. The van der Waals surface area contributed by atoms with Crippen molar-refractivity contribution >= 4 is 0 Å². The van der Waals surface area contributed by atoms with E-state index >= 15 is 0 Å². The van der Waals surface area contributed by atoms with Crippen LogP contribution in [-0.4, -0.2) is 292 Å². The van der Waals surface area contributed by atoms with Gasteiger partial charge in [-0.2, -0.15) is 0 Å². The van der Waals surface area contributed by atoms with Crippen LogP contribution in [0.3, 0.4) is 0 Å². The van der Waals surface area contributed by atoms with Crippen LogP contribution < -0.4 is 0 Å². The molecule has 1 spiro atoms. The van der Waals surface area contributed by atoms with E-state index in [1.807, 2.05) is 6.92 Å². The largest absolute Gasteiger partial charge is 0.394 e. The van der Waals surface area contributed by atoms with Crippen LogP contribution in [0, 0.1) is 40.4 Å². The minimum Gasteiger partial charge on any atom is -0.394 e. The second-order valence-electron chi connectivity index (χ2n) is 27.0. The lowest BCUT2D eigenvalue weighted by atomic mass is 9.47. The van der Waals surface area contributed by atoms with Crippen molar-refractivity contribution in [3.8, 4) is 0 Å². The van der Waals surface area contributed by atoms with Gasteiger partial charge in [-0.25, -0.2) is 0 Å². The van der Waals surface area contributed by atoms with Gasteiger partial charge in [0, 0.05) is 12.3 Å². The summed E-state index contributed by atoms with van der Waals surface area (Å²) in [5.74, 6) is 0.444. The zero-order valence-corrected chi connectivity index (χ0v) is 48.5. The summed E-state index contributed by atoms with van der Waals surface area (Å²) in [6, 6.07) is 0. The minimum absolute atomic E-state index is 0.0159. The summed E-state index contributed by atoms with van der Waals surface area (Å²) >= 11 is 0. The molecule has 0 radical (unpaired) electrons. The second kappa shape index (κ2) is 24.9. The Morgan fingerprint density at radius 1 is 0.506 bits per heavy atom. The smallest absolute Gasteiger partial charge is 0.187 e. The first-order chi connectivity index (χ1) is 40.2. The Bertz CT molecular complexity index is 2310. The molecular formula is C57H92O28. The quantitative estimate of drug-likeness (QED) is 0.0683. The van der Waals surface area contributed by atoms with Gasteiger partial charge in [0.15, 0.2) is 37.2 Å². The van der Waals surface area contributed by atoms with E-state index in [-0.39, 0.29) is 35.4 Å². The summed E-state index contributed by atoms with van der Waals surface area (Å²) in [4.78, 5) is 0. The average molecular weight is 1230 g/mol. The van der Waals surface area contributed by atoms with Crippen LogP contribution >= 0.6 is 0 Å². The SMILES string of the molecule is C[C@@H]1O[C@@H](O[C@H]2[C@H](O)[C@H](O[C@@H]3O[C@H](CO)[C@@H](O)[C@H](O[C@@H]4O[C@H](CO)[C@@H](O)[C@H](O)[C@H]4O)[C@H]3O)[C@@H](O[C@H]3CC[C@@]4(C)C(=CC[C@H]5[C@@H]6C[C@@H]7O[C@]8(CC[C@@](C)(CO[C@@H]9O[C@H](CO)[C@@H](O)[C@H](O)[C@H]9O)O8)[C@H](C)[C@@H]7[C@@]6(C)CC[C@@H]54)C3)O[C@@H]2CO)[C@H](O)[C@@H](O)[C@H]1O. The van der Waals surface area contributed by atoms with Crippen LogP contribution in [0.5, 0.6) is 0 Å². The molecule has 7 aliphatic heterocycles. The molecule has 7 saturated heterocycles. The van der Waals surface area contributed by atoms with Crippen molar-refractivity contribution in [3.05, 3.63) is 11.6 Å². The van der Waals surface area contributed by atoms with E-state index in [9.17, 15) is 81.7 Å². The first-order valence-electron chi connectivity index (χ1n) is 30.4. The zero-order chi connectivity index (χ0) is 61.1. The average Bonchev–Trinajstić information content (AvgIpc) is 1.91. The second-order valence-corrected chi connectivity index (χ2v) is 27.0. The van der Waals surface area contributed by atoms with Gasteiger partial charge in [-0.1, -0.05) is 32.4 Å². The molecule has 11 aliphatic rings. The molecule has 0 unspecified atom stereocenters. The normalized spacial score (nSPS) is 57.0. The highest BCUT2D eigenvalue weighted by Gasteiger charge is 2.71. The van der Waals surface area contributed by atoms with E-state index in [1.165, 1.54) is 12.5 Å². The van der Waals surface area contributed by atoms with E-state index in [0.717, 1.165) is 25.7 Å². The molecule has 16 N–H and O–H groups in total. The topological polar surface area (TPSA) is 434 Å². The third-order valence-electron chi connectivity index (χ3n) is 22.0. The van der Waals surface area contributed by atoms with E-state index in [0.29, 0.717) is 49.9 Å². The summed E-state index contributed by atoms with van der Waals surface area (Å²) < 4.78 is 74.1. The number of aliphatic hydroxyl groups excluding tert-OH is 16. The Hall–Kier alpha value is -1.38. The van der Waals surface area contributed by atoms with Crippen molar-refractivity contribution in [2.24, 2.45) is 40.4 Å². The van der Waals surface area contributed by atoms with Crippen LogP contribution in [0.1, 0.15) is 92.4 Å². The molecule has 0 aromatic heterocycles. The fraction of sp³-hybridized carbons (Fsp3) is 0.965. The van der Waals surface area contributed by atoms with Crippen molar-refractivity contribution in [2.75, 3.05) is 33.0 Å². The van der Waals surface area contributed by atoms with Crippen molar-refractivity contribution in [3.63, 3.8) is 0 Å². The molecule has 28 nitrogen and oxygen atoms in total. The van der Waals surface area contributed by atoms with Gasteiger partial charge in [0.25, 0.3) is 0 Å². The predicted octanol–water partition coefficient (Wildman–Crippen LogP) is -5.02. The van der Waals surface area contributed by atoms with Gasteiger partial charge >= 0.3 is 0 Å². The summed E-state index contributed by atoms with van der Waals surface area (Å²) in [6.07, 6.45) is -32.8. The number of aliphatic hydroxyl groups is 16. The Labute approximate surface area is 491 Å². The number of allylic oxidation sites excluding steroid dienone is 1. The van der Waals surface area contributed by atoms with Gasteiger partial charge in [0.05, 0.1) is 56.9 Å². The van der Waals surface area contributed by atoms with Crippen molar-refractivity contribution in [2.45, 2.75) is 270 Å². The lowest BCUT2D eigenvalue weighted by Crippen LogP contribution is -2.68. The third-order valence-corrected chi connectivity index (χ3v) is 22.0. The summed E-state index contributed by atoms with van der Waals surface area (Å²) in [5.41, 5.74) is 0.120. The maximum Gasteiger partial charge on any atom is 0.187 e. The van der Waals surface area contributed by atoms with Crippen LogP contribution in [0.2, 0.25) is 0 Å². The highest BCUT2D eigenvalue weighted by atomic mass is 16.8. The Morgan fingerprint density at radius 3 is 1.71 bits per heavy atom. The molecule has 10 fully saturated rings. The van der Waals surface area contributed by atoms with E-state index < -0.39 is 197 Å². The molecule has 36 atom stereocenters. The van der Waals surface area contributed by atoms with Gasteiger partial charge in [0.1, 0.15) is 116 Å². The zero-order valence-electron chi connectivity index (χ0n) is 48.5. The summed E-state index contributed by atoms with van der Waals surface area (Å²) in [5, 5.41) is 171. The number of hydrogen-bond acceptors (Lipinski definition) is 28. The Kier molecular flexibility index (Phi) is 19.1.